The zero-order valence-electron chi connectivity index (χ0n) is 6.81. The molecule has 0 spiro atoms. The number of aromatic nitrogens is 1. The minimum Gasteiger partial charge on any atom is -0.298 e. The van der Waals surface area contributed by atoms with Crippen LogP contribution in [0.3, 0.4) is 0 Å². The minimum atomic E-state index is -2.67. The van der Waals surface area contributed by atoms with E-state index in [0.717, 1.165) is 6.07 Å². The van der Waals surface area contributed by atoms with Crippen LogP contribution < -0.4 is 0 Å². The molecule has 0 fully saturated rings. The van der Waals surface area contributed by atoms with Gasteiger partial charge in [0.2, 0.25) is 0 Å². The first-order chi connectivity index (χ1) is 6.60. The Morgan fingerprint density at radius 2 is 2.29 bits per heavy atom. The molecule has 14 heavy (non-hydrogen) atoms. The monoisotopic (exact) mass is 283 g/mol. The topological polar surface area (TPSA) is 30.0 Å². The van der Waals surface area contributed by atoms with Crippen LogP contribution in [-0.4, -0.2) is 11.3 Å². The molecule has 1 aromatic heterocycles. The summed E-state index contributed by atoms with van der Waals surface area (Å²) in [6.45, 7) is 0. The van der Waals surface area contributed by atoms with Crippen molar-refractivity contribution in [3.05, 3.63) is 27.5 Å². The molecule has 2 nitrogen and oxygen atoms in total. The molecule has 0 atom stereocenters. The van der Waals surface area contributed by atoms with Crippen molar-refractivity contribution in [2.24, 2.45) is 0 Å². The van der Waals surface area contributed by atoms with Gasteiger partial charge in [-0.15, -0.1) is 11.6 Å². The van der Waals surface area contributed by atoms with E-state index in [0.29, 0.717) is 6.29 Å². The van der Waals surface area contributed by atoms with Crippen LogP contribution in [0.1, 0.15) is 28.2 Å². The largest absolute Gasteiger partial charge is 0.298 e. The molecule has 0 unspecified atom stereocenters. The van der Waals surface area contributed by atoms with Crippen molar-refractivity contribution >= 4 is 33.8 Å². The normalized spacial score (nSPS) is 10.6. The zero-order chi connectivity index (χ0) is 10.7. The van der Waals surface area contributed by atoms with Crippen LogP contribution in [0.4, 0.5) is 8.78 Å². The second-order valence-electron chi connectivity index (χ2n) is 2.44. The highest BCUT2D eigenvalue weighted by Gasteiger charge is 2.15. The number of nitrogens with zero attached hydrogens (tertiary/aromatic N) is 1. The van der Waals surface area contributed by atoms with Gasteiger partial charge in [0.05, 0.1) is 17.1 Å². The molecule has 0 amide bonds. The van der Waals surface area contributed by atoms with Crippen LogP contribution in [0.2, 0.25) is 0 Å². The molecule has 1 aromatic rings. The molecule has 0 aliphatic heterocycles. The average Bonchev–Trinajstić information content (AvgIpc) is 2.16. The Morgan fingerprint density at radius 3 is 2.71 bits per heavy atom. The van der Waals surface area contributed by atoms with E-state index >= 15 is 0 Å². The summed E-state index contributed by atoms with van der Waals surface area (Å²) in [5.74, 6) is -0.0762. The maximum absolute atomic E-state index is 12.3. The number of carbonyl (C=O) groups is 1. The molecule has 76 valence electrons. The third-order valence-corrected chi connectivity index (χ3v) is 2.48. The Balaban J connectivity index is 3.31. The Kier molecular flexibility index (Phi) is 3.95. The fourth-order valence-corrected chi connectivity index (χ4v) is 1.69. The van der Waals surface area contributed by atoms with Crippen molar-refractivity contribution in [3.8, 4) is 0 Å². The SMILES string of the molecule is O=Cc1c(Br)cc(C(F)F)nc1CCl. The molecular weight excluding hydrogens is 279 g/mol. The van der Waals surface area contributed by atoms with Crippen molar-refractivity contribution in [1.29, 1.82) is 0 Å². The highest BCUT2D eigenvalue weighted by Crippen LogP contribution is 2.25. The third-order valence-electron chi connectivity index (χ3n) is 1.57. The number of hydrogen-bond acceptors (Lipinski definition) is 2. The Bertz CT molecular complexity index is 359. The summed E-state index contributed by atoms with van der Waals surface area (Å²) >= 11 is 8.48. The van der Waals surface area contributed by atoms with Crippen molar-refractivity contribution in [1.82, 2.24) is 4.98 Å². The number of carbonyl (C=O) groups excluding carboxylic acids is 1. The number of rotatable bonds is 3. The lowest BCUT2D eigenvalue weighted by Gasteiger charge is -2.06. The van der Waals surface area contributed by atoms with Crippen LogP contribution in [0.25, 0.3) is 0 Å². The Labute approximate surface area is 92.4 Å². The van der Waals surface area contributed by atoms with Crippen molar-refractivity contribution < 1.29 is 13.6 Å². The molecule has 1 rings (SSSR count). The quantitative estimate of drug-likeness (QED) is 0.629. The lowest BCUT2D eigenvalue weighted by Crippen LogP contribution is -2.00. The van der Waals surface area contributed by atoms with E-state index in [1.54, 1.807) is 0 Å². The molecule has 0 aromatic carbocycles. The van der Waals surface area contributed by atoms with Gasteiger partial charge in [-0.3, -0.25) is 4.79 Å². The first kappa shape index (κ1) is 11.5. The lowest BCUT2D eigenvalue weighted by atomic mass is 10.2. The predicted octanol–water partition coefficient (Wildman–Crippen LogP) is 3.33. The summed E-state index contributed by atoms with van der Waals surface area (Å²) < 4.78 is 24.9. The predicted molar refractivity (Wildman–Crippen MR) is 51.8 cm³/mol. The molecule has 1 heterocycles. The van der Waals surface area contributed by atoms with Crippen LogP contribution >= 0.6 is 27.5 Å². The summed E-state index contributed by atoms with van der Waals surface area (Å²) in [6.07, 6.45) is -2.14. The van der Waals surface area contributed by atoms with Crippen molar-refractivity contribution in [3.63, 3.8) is 0 Å². The molecule has 0 saturated carbocycles. The van der Waals surface area contributed by atoms with Crippen LogP contribution in [0, 0.1) is 0 Å². The summed E-state index contributed by atoms with van der Waals surface area (Å²) in [5.41, 5.74) is -0.0196. The lowest BCUT2D eigenvalue weighted by molar-refractivity contribution is 0.112. The maximum atomic E-state index is 12.3. The van der Waals surface area contributed by atoms with E-state index in [2.05, 4.69) is 20.9 Å². The molecule has 0 saturated heterocycles. The Hall–Kier alpha value is -0.550. The zero-order valence-corrected chi connectivity index (χ0v) is 9.15. The van der Waals surface area contributed by atoms with Crippen molar-refractivity contribution in [2.75, 3.05) is 0 Å². The van der Waals surface area contributed by atoms with Gasteiger partial charge >= 0.3 is 0 Å². The number of aldehydes is 1. The van der Waals surface area contributed by atoms with Crippen LogP contribution in [-0.2, 0) is 5.88 Å². The fourth-order valence-electron chi connectivity index (χ4n) is 0.932. The van der Waals surface area contributed by atoms with E-state index in [1.165, 1.54) is 0 Å². The molecular formula is C8H5BrClF2NO. The number of alkyl halides is 3. The minimum absolute atomic E-state index is 0.0762. The number of hydrogen-bond donors (Lipinski definition) is 0. The van der Waals surface area contributed by atoms with E-state index in [1.807, 2.05) is 0 Å². The third kappa shape index (κ3) is 2.27. The molecule has 0 aliphatic rings. The summed E-state index contributed by atoms with van der Waals surface area (Å²) in [7, 11) is 0. The maximum Gasteiger partial charge on any atom is 0.280 e. The Morgan fingerprint density at radius 1 is 1.64 bits per heavy atom. The van der Waals surface area contributed by atoms with Gasteiger partial charge in [-0.1, -0.05) is 0 Å². The van der Waals surface area contributed by atoms with Gasteiger partial charge in [-0.2, -0.15) is 0 Å². The van der Waals surface area contributed by atoms with Crippen LogP contribution in [0.5, 0.6) is 0 Å². The summed E-state index contributed by atoms with van der Waals surface area (Å²) in [5, 5.41) is 0. The summed E-state index contributed by atoms with van der Waals surface area (Å²) in [6, 6.07) is 1.12. The standard InChI is InChI=1S/C8H5BrClF2NO/c9-5-1-6(8(11)12)13-7(2-10)4(5)3-14/h1,3,8H,2H2. The van der Waals surface area contributed by atoms with E-state index < -0.39 is 12.1 Å². The molecule has 0 radical (unpaired) electrons. The molecule has 0 aliphatic carbocycles. The summed E-state index contributed by atoms with van der Waals surface area (Å²) in [4.78, 5) is 14.2. The second-order valence-corrected chi connectivity index (χ2v) is 3.56. The highest BCUT2D eigenvalue weighted by atomic mass is 79.9. The van der Waals surface area contributed by atoms with Crippen LogP contribution in [0.15, 0.2) is 10.5 Å². The molecule has 0 N–H and O–H groups in total. The van der Waals surface area contributed by atoms with Gasteiger partial charge in [0.1, 0.15) is 5.69 Å². The number of pyridine rings is 1. The first-order valence-electron chi connectivity index (χ1n) is 3.58. The van der Waals surface area contributed by atoms with Gasteiger partial charge < -0.3 is 0 Å². The number of halogens is 4. The van der Waals surface area contributed by atoms with Gasteiger partial charge in [0.15, 0.2) is 6.29 Å². The van der Waals surface area contributed by atoms with Gasteiger partial charge in [0.25, 0.3) is 6.43 Å². The smallest absolute Gasteiger partial charge is 0.280 e. The highest BCUT2D eigenvalue weighted by molar-refractivity contribution is 9.10. The van der Waals surface area contributed by atoms with E-state index in [-0.39, 0.29) is 21.6 Å². The molecule has 6 heteroatoms. The first-order valence-corrected chi connectivity index (χ1v) is 4.91. The molecule has 0 bridgehead atoms. The van der Waals surface area contributed by atoms with Gasteiger partial charge in [-0.05, 0) is 22.0 Å². The second kappa shape index (κ2) is 4.79. The average molecular weight is 284 g/mol. The van der Waals surface area contributed by atoms with Crippen molar-refractivity contribution in [2.45, 2.75) is 12.3 Å². The van der Waals surface area contributed by atoms with E-state index in [9.17, 15) is 13.6 Å². The van der Waals surface area contributed by atoms with E-state index in [4.69, 9.17) is 11.6 Å². The fraction of sp³-hybridized carbons (Fsp3) is 0.250. The van der Waals surface area contributed by atoms with Gasteiger partial charge in [0, 0.05) is 4.47 Å². The van der Waals surface area contributed by atoms with Gasteiger partial charge in [-0.25, -0.2) is 13.8 Å².